The predicted octanol–water partition coefficient (Wildman–Crippen LogP) is 5.20. The number of hydrogen-bond acceptors (Lipinski definition) is 2. The molecule has 0 heterocycles. The third-order valence-electron chi connectivity index (χ3n) is 3.50. The molecule has 0 bridgehead atoms. The molecule has 2 rings (SSSR count). The first-order chi connectivity index (χ1) is 10.8. The van der Waals surface area contributed by atoms with E-state index in [9.17, 15) is 0 Å². The monoisotopic (exact) mass is 317 g/mol. The van der Waals surface area contributed by atoms with Crippen molar-refractivity contribution in [2.24, 2.45) is 0 Å². The zero-order chi connectivity index (χ0) is 15.6. The van der Waals surface area contributed by atoms with Gasteiger partial charge in [-0.1, -0.05) is 55.6 Å². The van der Waals surface area contributed by atoms with Crippen LogP contribution in [0.4, 0.5) is 0 Å². The lowest BCUT2D eigenvalue weighted by Gasteiger charge is -2.08. The van der Waals surface area contributed by atoms with Crippen LogP contribution in [0.15, 0.2) is 48.5 Å². The molecule has 0 atom stereocenters. The lowest BCUT2D eigenvalue weighted by Crippen LogP contribution is -2.14. The minimum atomic E-state index is 0.537. The number of unbranched alkanes of at least 4 members (excludes halogenated alkanes) is 2. The Kier molecular flexibility index (Phi) is 7.27. The Balaban J connectivity index is 1.74. The number of halogens is 1. The highest BCUT2D eigenvalue weighted by Gasteiger charge is 1.98. The molecule has 0 unspecified atom stereocenters. The Morgan fingerprint density at radius 1 is 1.00 bits per heavy atom. The lowest BCUT2D eigenvalue weighted by atomic mass is 10.2. The molecule has 0 amide bonds. The smallest absolute Gasteiger partial charge is 0.119 e. The number of ether oxygens (including phenoxy) is 1. The van der Waals surface area contributed by atoms with E-state index in [1.54, 1.807) is 0 Å². The third-order valence-corrected chi connectivity index (χ3v) is 3.74. The second kappa shape index (κ2) is 9.50. The molecular formula is C19H24ClNO. The van der Waals surface area contributed by atoms with Crippen molar-refractivity contribution in [3.63, 3.8) is 0 Å². The highest BCUT2D eigenvalue weighted by Crippen LogP contribution is 2.16. The second-order valence-corrected chi connectivity index (χ2v) is 5.88. The molecule has 2 aromatic rings. The van der Waals surface area contributed by atoms with Crippen molar-refractivity contribution in [2.45, 2.75) is 39.3 Å². The SMILES string of the molecule is CCCCCNCc1ccc(OCc2cccc(Cl)c2)cc1. The maximum Gasteiger partial charge on any atom is 0.119 e. The van der Waals surface area contributed by atoms with E-state index in [0.717, 1.165) is 29.4 Å². The molecule has 22 heavy (non-hydrogen) atoms. The molecule has 0 fully saturated rings. The number of hydrogen-bond donors (Lipinski definition) is 1. The first kappa shape index (κ1) is 16.9. The van der Waals surface area contributed by atoms with E-state index in [1.807, 2.05) is 36.4 Å². The van der Waals surface area contributed by atoms with Gasteiger partial charge in [-0.05, 0) is 48.4 Å². The standard InChI is InChI=1S/C19H24ClNO/c1-2-3-4-12-21-14-16-8-10-19(11-9-16)22-15-17-6-5-7-18(20)13-17/h5-11,13,21H,2-4,12,14-15H2,1H3. The van der Waals surface area contributed by atoms with E-state index in [0.29, 0.717) is 6.61 Å². The summed E-state index contributed by atoms with van der Waals surface area (Å²) in [4.78, 5) is 0. The predicted molar refractivity (Wildman–Crippen MR) is 93.5 cm³/mol. The van der Waals surface area contributed by atoms with Gasteiger partial charge in [0.25, 0.3) is 0 Å². The molecule has 0 spiro atoms. The van der Waals surface area contributed by atoms with Crippen LogP contribution in [0, 0.1) is 0 Å². The fourth-order valence-corrected chi connectivity index (χ4v) is 2.44. The van der Waals surface area contributed by atoms with Crippen molar-refractivity contribution in [2.75, 3.05) is 6.54 Å². The maximum atomic E-state index is 5.97. The van der Waals surface area contributed by atoms with Crippen LogP contribution in [0.5, 0.6) is 5.75 Å². The van der Waals surface area contributed by atoms with Crippen molar-refractivity contribution in [1.29, 1.82) is 0 Å². The average molecular weight is 318 g/mol. The van der Waals surface area contributed by atoms with Crippen molar-refractivity contribution in [1.82, 2.24) is 5.32 Å². The number of rotatable bonds is 9. The summed E-state index contributed by atoms with van der Waals surface area (Å²) in [6.07, 6.45) is 3.81. The van der Waals surface area contributed by atoms with Crippen LogP contribution < -0.4 is 10.1 Å². The van der Waals surface area contributed by atoms with E-state index in [2.05, 4.69) is 24.4 Å². The molecule has 0 radical (unpaired) electrons. The molecule has 0 aliphatic heterocycles. The van der Waals surface area contributed by atoms with Gasteiger partial charge in [0.1, 0.15) is 12.4 Å². The topological polar surface area (TPSA) is 21.3 Å². The third kappa shape index (κ3) is 6.08. The van der Waals surface area contributed by atoms with Gasteiger partial charge >= 0.3 is 0 Å². The van der Waals surface area contributed by atoms with Gasteiger partial charge in [-0.15, -0.1) is 0 Å². The summed E-state index contributed by atoms with van der Waals surface area (Å²) < 4.78 is 5.78. The quantitative estimate of drug-likeness (QED) is 0.642. The van der Waals surface area contributed by atoms with Crippen molar-refractivity contribution < 1.29 is 4.74 Å². The van der Waals surface area contributed by atoms with Gasteiger partial charge in [0, 0.05) is 11.6 Å². The highest BCUT2D eigenvalue weighted by atomic mass is 35.5. The van der Waals surface area contributed by atoms with E-state index in [1.165, 1.54) is 24.8 Å². The molecule has 2 nitrogen and oxygen atoms in total. The summed E-state index contributed by atoms with van der Waals surface area (Å²) in [5, 5.41) is 4.21. The Morgan fingerprint density at radius 3 is 2.55 bits per heavy atom. The van der Waals surface area contributed by atoms with Crippen molar-refractivity contribution in [3.8, 4) is 5.75 Å². The van der Waals surface area contributed by atoms with Crippen molar-refractivity contribution in [3.05, 3.63) is 64.7 Å². The Hall–Kier alpha value is -1.51. The number of nitrogens with one attached hydrogen (secondary N) is 1. The fraction of sp³-hybridized carbons (Fsp3) is 0.368. The van der Waals surface area contributed by atoms with Crippen LogP contribution in [0.2, 0.25) is 5.02 Å². The zero-order valence-corrected chi connectivity index (χ0v) is 13.9. The van der Waals surface area contributed by atoms with E-state index in [-0.39, 0.29) is 0 Å². The summed E-state index contributed by atoms with van der Waals surface area (Å²) in [5.41, 5.74) is 2.36. The first-order valence-electron chi connectivity index (χ1n) is 7.95. The molecule has 0 aliphatic carbocycles. The number of benzene rings is 2. The molecule has 0 saturated carbocycles. The molecule has 1 N–H and O–H groups in total. The van der Waals surface area contributed by atoms with Crippen LogP contribution in [0.25, 0.3) is 0 Å². The van der Waals surface area contributed by atoms with Gasteiger partial charge in [-0.25, -0.2) is 0 Å². The molecule has 0 saturated heterocycles. The average Bonchev–Trinajstić information content (AvgIpc) is 2.54. The molecule has 0 aromatic heterocycles. The van der Waals surface area contributed by atoms with Crippen LogP contribution >= 0.6 is 11.6 Å². The molecule has 2 aromatic carbocycles. The summed E-state index contributed by atoms with van der Waals surface area (Å²) in [7, 11) is 0. The van der Waals surface area contributed by atoms with E-state index in [4.69, 9.17) is 16.3 Å². The highest BCUT2D eigenvalue weighted by molar-refractivity contribution is 6.30. The molecule has 3 heteroatoms. The summed E-state index contributed by atoms with van der Waals surface area (Å²) in [6.45, 7) is 4.76. The summed E-state index contributed by atoms with van der Waals surface area (Å²) in [6, 6.07) is 16.0. The summed E-state index contributed by atoms with van der Waals surface area (Å²) in [5.74, 6) is 0.884. The Labute approximate surface area is 138 Å². The van der Waals surface area contributed by atoms with E-state index < -0.39 is 0 Å². The minimum absolute atomic E-state index is 0.537. The van der Waals surface area contributed by atoms with E-state index >= 15 is 0 Å². The second-order valence-electron chi connectivity index (χ2n) is 5.45. The molecule has 0 aliphatic rings. The van der Waals surface area contributed by atoms with Crippen LogP contribution in [0.1, 0.15) is 37.3 Å². The van der Waals surface area contributed by atoms with Gasteiger partial charge in [0.15, 0.2) is 0 Å². The maximum absolute atomic E-state index is 5.97. The van der Waals surface area contributed by atoms with Crippen LogP contribution in [-0.4, -0.2) is 6.54 Å². The van der Waals surface area contributed by atoms with Gasteiger partial charge in [0.2, 0.25) is 0 Å². The Morgan fingerprint density at radius 2 is 1.82 bits per heavy atom. The zero-order valence-electron chi connectivity index (χ0n) is 13.1. The lowest BCUT2D eigenvalue weighted by molar-refractivity contribution is 0.306. The van der Waals surface area contributed by atoms with Gasteiger partial charge in [-0.3, -0.25) is 0 Å². The van der Waals surface area contributed by atoms with Crippen molar-refractivity contribution >= 4 is 11.6 Å². The largest absolute Gasteiger partial charge is 0.489 e. The van der Waals surface area contributed by atoms with Gasteiger partial charge in [-0.2, -0.15) is 0 Å². The molecular weight excluding hydrogens is 294 g/mol. The van der Waals surface area contributed by atoms with Crippen LogP contribution in [-0.2, 0) is 13.2 Å². The Bertz CT molecular complexity index is 554. The summed E-state index contributed by atoms with van der Waals surface area (Å²) >= 11 is 5.97. The molecule has 118 valence electrons. The fourth-order valence-electron chi connectivity index (χ4n) is 2.23. The minimum Gasteiger partial charge on any atom is -0.489 e. The van der Waals surface area contributed by atoms with Crippen LogP contribution in [0.3, 0.4) is 0 Å². The van der Waals surface area contributed by atoms with Gasteiger partial charge < -0.3 is 10.1 Å². The van der Waals surface area contributed by atoms with Gasteiger partial charge in [0.05, 0.1) is 0 Å². The normalized spacial score (nSPS) is 10.6. The first-order valence-corrected chi connectivity index (χ1v) is 8.32.